The summed E-state index contributed by atoms with van der Waals surface area (Å²) in [6.07, 6.45) is 10.7. The number of nitrogens with one attached hydrogen (secondary N) is 4. The number of hydrogen-bond donors (Lipinski definition) is 4. The second-order valence-electron chi connectivity index (χ2n) is 17.0. The fraction of sp³-hybridized carbons (Fsp3) is 0.718. The molecule has 1 saturated carbocycles. The molecule has 0 bridgehead atoms. The molecule has 6 amide bonds. The Labute approximate surface area is 323 Å². The van der Waals surface area contributed by atoms with Crippen LogP contribution >= 0.6 is 0 Å². The van der Waals surface area contributed by atoms with Gasteiger partial charge in [-0.3, -0.25) is 43.4 Å². The standard InChI is InChI=1S/C39H59N9O7/c1-8-13-25(30(49)35(53)42-23(2)3)43-33(51)28-20-39(46(7)36(54)27-16-12-19-48(27)39)22-47(28)37(55)31(38(4,5)6)45-34(52)29(24-14-10-9-11-15-24)44-32(50)26-21-40-17-18-41-26/h17-18,21,23-25,27-29,31H,8-16,19-20,22H2,1-7H3,(H,42,53)(H,43,51)(H,44,50)(H,45,52)/t25?,27?,28-,29-,31+,39?/m0/s1. The predicted octanol–water partition coefficient (Wildman–Crippen LogP) is 1.30. The van der Waals surface area contributed by atoms with Gasteiger partial charge in [-0.05, 0) is 57.3 Å². The number of rotatable bonds is 13. The van der Waals surface area contributed by atoms with Crippen LogP contribution in [0.1, 0.15) is 116 Å². The summed E-state index contributed by atoms with van der Waals surface area (Å²) in [4.78, 5) is 110. The monoisotopic (exact) mass is 765 g/mol. The Hall–Kier alpha value is -4.47. The van der Waals surface area contributed by atoms with Crippen molar-refractivity contribution in [2.75, 3.05) is 20.1 Å². The van der Waals surface area contributed by atoms with E-state index in [1.807, 2.05) is 27.7 Å². The fourth-order valence-electron chi connectivity index (χ4n) is 8.79. The lowest BCUT2D eigenvalue weighted by atomic mass is 9.82. The maximum absolute atomic E-state index is 15.1. The summed E-state index contributed by atoms with van der Waals surface area (Å²) in [7, 11) is 1.70. The summed E-state index contributed by atoms with van der Waals surface area (Å²) in [5.41, 5.74) is -1.79. The average Bonchev–Trinajstić information content (AvgIpc) is 3.85. The first-order chi connectivity index (χ1) is 26.0. The van der Waals surface area contributed by atoms with Crippen molar-refractivity contribution >= 4 is 41.2 Å². The van der Waals surface area contributed by atoms with E-state index in [-0.39, 0.29) is 49.0 Å². The van der Waals surface area contributed by atoms with Gasteiger partial charge in [-0.15, -0.1) is 0 Å². The normalized spacial score (nSPS) is 24.7. The van der Waals surface area contributed by atoms with Gasteiger partial charge in [0, 0.05) is 38.4 Å². The SMILES string of the molecule is CCCC(NC(=O)[C@@H]1CC2(CN1C(=O)[C@@H](NC(=O)[C@@H](NC(=O)c1cnccn1)C1CCCCC1)C(C)(C)C)N(C)C(=O)C1CCCN12)C(=O)C(=O)NC(C)C. The molecule has 1 spiro atoms. The fourth-order valence-corrected chi connectivity index (χ4v) is 8.79. The number of carbonyl (C=O) groups is 7. The number of ketones is 1. The van der Waals surface area contributed by atoms with Crippen LogP contribution in [-0.4, -0.2) is 128 Å². The Morgan fingerprint density at radius 2 is 1.65 bits per heavy atom. The quantitative estimate of drug-likeness (QED) is 0.212. The number of nitrogens with zero attached hydrogens (tertiary/aromatic N) is 5. The molecule has 4 heterocycles. The maximum atomic E-state index is 15.1. The minimum absolute atomic E-state index is 0.000797. The van der Waals surface area contributed by atoms with Gasteiger partial charge >= 0.3 is 0 Å². The molecule has 6 atom stereocenters. The van der Waals surface area contributed by atoms with Crippen molar-refractivity contribution in [3.05, 3.63) is 24.3 Å². The number of Topliss-reactive ketones (excluding diaryl/α,β-unsaturated/α-hetero) is 1. The van der Waals surface area contributed by atoms with E-state index in [0.717, 1.165) is 25.7 Å². The molecule has 4 N–H and O–H groups in total. The highest BCUT2D eigenvalue weighted by molar-refractivity contribution is 6.38. The van der Waals surface area contributed by atoms with Crippen LogP contribution in [0.3, 0.4) is 0 Å². The summed E-state index contributed by atoms with van der Waals surface area (Å²) in [6, 6.07) is -5.02. The lowest BCUT2D eigenvalue weighted by molar-refractivity contribution is -0.145. The van der Waals surface area contributed by atoms with E-state index in [1.54, 1.807) is 25.8 Å². The van der Waals surface area contributed by atoms with Crippen molar-refractivity contribution in [2.24, 2.45) is 11.3 Å². The Kier molecular flexibility index (Phi) is 13.0. The van der Waals surface area contributed by atoms with E-state index in [9.17, 15) is 28.8 Å². The van der Waals surface area contributed by atoms with Crippen LogP contribution in [0.5, 0.6) is 0 Å². The molecule has 0 aromatic carbocycles. The third-order valence-corrected chi connectivity index (χ3v) is 11.7. The van der Waals surface area contributed by atoms with Crippen LogP contribution < -0.4 is 21.3 Å². The molecule has 1 aliphatic carbocycles. The van der Waals surface area contributed by atoms with Crippen molar-refractivity contribution in [1.82, 2.24) is 45.9 Å². The molecule has 5 rings (SSSR count). The molecule has 0 radical (unpaired) electrons. The van der Waals surface area contributed by atoms with Crippen LogP contribution in [0.2, 0.25) is 0 Å². The van der Waals surface area contributed by atoms with Gasteiger partial charge in [-0.2, -0.15) is 0 Å². The van der Waals surface area contributed by atoms with Crippen LogP contribution in [0.4, 0.5) is 0 Å². The molecule has 3 unspecified atom stereocenters. The predicted molar refractivity (Wildman–Crippen MR) is 202 cm³/mol. The molecular formula is C39H59N9O7. The third kappa shape index (κ3) is 8.84. The third-order valence-electron chi connectivity index (χ3n) is 11.7. The molecule has 302 valence electrons. The van der Waals surface area contributed by atoms with E-state index in [1.165, 1.54) is 23.5 Å². The van der Waals surface area contributed by atoms with Gasteiger partial charge < -0.3 is 31.1 Å². The van der Waals surface area contributed by atoms with Crippen LogP contribution in [0, 0.1) is 11.3 Å². The van der Waals surface area contributed by atoms with Crippen LogP contribution in [-0.2, 0) is 28.8 Å². The molecule has 4 fully saturated rings. The first kappa shape index (κ1) is 41.7. The van der Waals surface area contributed by atoms with Gasteiger partial charge in [-0.25, -0.2) is 4.98 Å². The van der Waals surface area contributed by atoms with E-state index >= 15 is 4.79 Å². The molecule has 55 heavy (non-hydrogen) atoms. The Bertz CT molecular complexity index is 1630. The van der Waals surface area contributed by atoms with Gasteiger partial charge in [0.15, 0.2) is 0 Å². The van der Waals surface area contributed by atoms with E-state index in [2.05, 4.69) is 36.1 Å². The highest BCUT2D eigenvalue weighted by atomic mass is 16.2. The van der Waals surface area contributed by atoms with Crippen molar-refractivity contribution in [1.29, 1.82) is 0 Å². The highest BCUT2D eigenvalue weighted by Gasteiger charge is 2.64. The lowest BCUT2D eigenvalue weighted by Crippen LogP contribution is -2.62. The molecule has 16 heteroatoms. The molecule has 16 nitrogen and oxygen atoms in total. The van der Waals surface area contributed by atoms with Crippen molar-refractivity contribution < 1.29 is 33.6 Å². The number of carbonyl (C=O) groups excluding carboxylic acids is 7. The number of aromatic nitrogens is 2. The minimum atomic E-state index is -1.15. The van der Waals surface area contributed by atoms with Gasteiger partial charge in [-0.1, -0.05) is 53.4 Å². The number of amides is 6. The summed E-state index contributed by atoms with van der Waals surface area (Å²) in [6.45, 7) is 11.4. The smallest absolute Gasteiger partial charge is 0.289 e. The molecule has 1 aromatic rings. The van der Waals surface area contributed by atoms with Gasteiger partial charge in [0.1, 0.15) is 29.5 Å². The first-order valence-electron chi connectivity index (χ1n) is 19.9. The first-order valence-corrected chi connectivity index (χ1v) is 19.9. The maximum Gasteiger partial charge on any atom is 0.289 e. The number of likely N-dealkylation sites (N-methyl/N-ethyl adjacent to an activating group) is 1. The molecular weight excluding hydrogens is 706 g/mol. The average molecular weight is 766 g/mol. The molecule has 1 aromatic heterocycles. The lowest BCUT2D eigenvalue weighted by Gasteiger charge is -2.39. The highest BCUT2D eigenvalue weighted by Crippen LogP contribution is 2.45. The Balaban J connectivity index is 1.47. The molecule has 3 saturated heterocycles. The second kappa shape index (κ2) is 17.1. The van der Waals surface area contributed by atoms with E-state index < -0.39 is 70.6 Å². The molecule has 3 aliphatic heterocycles. The van der Waals surface area contributed by atoms with Crippen molar-refractivity contribution in [3.8, 4) is 0 Å². The van der Waals surface area contributed by atoms with Gasteiger partial charge in [0.2, 0.25) is 29.4 Å². The second-order valence-corrected chi connectivity index (χ2v) is 17.0. The van der Waals surface area contributed by atoms with E-state index in [0.29, 0.717) is 32.2 Å². The van der Waals surface area contributed by atoms with Crippen molar-refractivity contribution in [3.63, 3.8) is 0 Å². The summed E-state index contributed by atoms with van der Waals surface area (Å²) < 4.78 is 0. The summed E-state index contributed by atoms with van der Waals surface area (Å²) in [5.74, 6) is -4.06. The number of hydrogen-bond acceptors (Lipinski definition) is 10. The summed E-state index contributed by atoms with van der Waals surface area (Å²) in [5, 5.41) is 11.3. The van der Waals surface area contributed by atoms with Gasteiger partial charge in [0.05, 0.1) is 24.8 Å². The number of likely N-dealkylation sites (tertiary alicyclic amines) is 1. The zero-order valence-corrected chi connectivity index (χ0v) is 33.4. The van der Waals surface area contributed by atoms with E-state index in [4.69, 9.17) is 0 Å². The zero-order valence-electron chi connectivity index (χ0n) is 33.4. The number of fused-ring (bicyclic) bond motifs is 2. The Morgan fingerprint density at radius 1 is 0.945 bits per heavy atom. The minimum Gasteiger partial charge on any atom is -0.347 e. The Morgan fingerprint density at radius 3 is 2.27 bits per heavy atom. The topological polar surface area (TPSA) is 203 Å². The summed E-state index contributed by atoms with van der Waals surface area (Å²) >= 11 is 0. The van der Waals surface area contributed by atoms with Crippen molar-refractivity contribution in [2.45, 2.75) is 148 Å². The van der Waals surface area contributed by atoms with Gasteiger partial charge in [0.25, 0.3) is 11.8 Å². The molecule has 4 aliphatic rings. The van der Waals surface area contributed by atoms with Crippen LogP contribution in [0.15, 0.2) is 18.6 Å². The zero-order chi connectivity index (χ0) is 40.2. The largest absolute Gasteiger partial charge is 0.347 e. The van der Waals surface area contributed by atoms with Crippen LogP contribution in [0.25, 0.3) is 0 Å².